The van der Waals surface area contributed by atoms with Crippen LogP contribution >= 0.6 is 0 Å². The fourth-order valence-electron chi connectivity index (χ4n) is 4.67. The normalized spacial score (nSPS) is 32.7. The minimum atomic E-state index is -0.295. The topological polar surface area (TPSA) is 30.9 Å². The molecule has 3 unspecified atom stereocenters. The minimum Gasteiger partial charge on any atom is -0.355 e. The molecule has 0 aromatic rings. The Morgan fingerprint density at radius 1 is 1.17 bits per heavy atom. The Labute approximate surface area is 146 Å². The zero-order valence-corrected chi connectivity index (χ0v) is 15.5. The second-order valence-electron chi connectivity index (χ2n) is 7.94. The van der Waals surface area contributed by atoms with E-state index < -0.39 is 0 Å². The van der Waals surface area contributed by atoms with Crippen LogP contribution in [0.25, 0.3) is 0 Å². The highest BCUT2D eigenvalue weighted by atomic mass is 19.1. The van der Waals surface area contributed by atoms with Gasteiger partial charge in [0.2, 0.25) is 0 Å². The van der Waals surface area contributed by atoms with Crippen molar-refractivity contribution in [2.45, 2.75) is 65.2 Å². The molecule has 0 aromatic heterocycles. The third kappa shape index (κ3) is 3.67. The molecule has 3 atom stereocenters. The smallest absolute Gasteiger partial charge is 0.176 e. The summed E-state index contributed by atoms with van der Waals surface area (Å²) in [4.78, 5) is 9.25. The number of nitrogens with zero attached hydrogens (tertiary/aromatic N) is 3. The summed E-state index contributed by atoms with van der Waals surface area (Å²) in [7, 11) is 0. The Morgan fingerprint density at radius 3 is 2.42 bits per heavy atom. The first-order valence-corrected chi connectivity index (χ1v) is 9.68. The van der Waals surface area contributed by atoms with Gasteiger partial charge in [-0.3, -0.25) is 14.8 Å². The van der Waals surface area contributed by atoms with Gasteiger partial charge in [-0.05, 0) is 30.6 Å². The van der Waals surface area contributed by atoms with E-state index in [2.05, 4.69) is 40.9 Å². The highest BCUT2D eigenvalue weighted by Crippen LogP contribution is 2.45. The molecule has 0 spiro atoms. The number of nitrogens with one attached hydrogen (secondary N) is 1. The van der Waals surface area contributed by atoms with Crippen LogP contribution in [0, 0.1) is 11.3 Å². The molecule has 136 valence electrons. The molecule has 3 rings (SSSR count). The molecule has 0 bridgehead atoms. The Bertz CT molecular complexity index is 478. The van der Waals surface area contributed by atoms with E-state index in [1.54, 1.807) is 0 Å². The van der Waals surface area contributed by atoms with Crippen LogP contribution in [0.2, 0.25) is 0 Å². The average molecular weight is 336 g/mol. The molecule has 5 heteroatoms. The van der Waals surface area contributed by atoms with E-state index in [9.17, 15) is 4.39 Å². The average Bonchev–Trinajstić information content (AvgIpc) is 3.13. The number of aliphatic imine (C=N–C) groups is 1. The number of hydrogen-bond donors (Lipinski definition) is 1. The molecule has 1 saturated carbocycles. The lowest BCUT2D eigenvalue weighted by Gasteiger charge is -2.41. The Hall–Kier alpha value is -0.940. The van der Waals surface area contributed by atoms with Crippen LogP contribution in [0.15, 0.2) is 17.0 Å². The molecule has 1 N–H and O–H groups in total. The van der Waals surface area contributed by atoms with Crippen molar-refractivity contribution in [1.82, 2.24) is 15.1 Å². The lowest BCUT2D eigenvalue weighted by atomic mass is 9.72. The molecule has 2 aliphatic heterocycles. The van der Waals surface area contributed by atoms with Crippen LogP contribution < -0.4 is 5.32 Å². The Balaban J connectivity index is 1.48. The molecule has 0 radical (unpaired) electrons. The molecule has 2 fully saturated rings. The van der Waals surface area contributed by atoms with Gasteiger partial charge in [0, 0.05) is 38.4 Å². The Morgan fingerprint density at radius 2 is 1.83 bits per heavy atom. The predicted octanol–water partition coefficient (Wildman–Crippen LogP) is 3.37. The lowest BCUT2D eigenvalue weighted by Crippen LogP contribution is -2.55. The second kappa shape index (κ2) is 7.52. The van der Waals surface area contributed by atoms with Crippen LogP contribution in [0.4, 0.5) is 4.39 Å². The van der Waals surface area contributed by atoms with E-state index in [-0.39, 0.29) is 12.1 Å². The van der Waals surface area contributed by atoms with Crippen LogP contribution in [-0.4, -0.2) is 54.5 Å². The number of halogens is 1. The van der Waals surface area contributed by atoms with Gasteiger partial charge in [-0.25, -0.2) is 4.39 Å². The summed E-state index contributed by atoms with van der Waals surface area (Å²) in [5.74, 6) is 0.588. The van der Waals surface area contributed by atoms with Crippen LogP contribution in [0.3, 0.4) is 0 Å². The van der Waals surface area contributed by atoms with E-state index in [1.165, 1.54) is 44.5 Å². The monoisotopic (exact) mass is 336 g/mol. The van der Waals surface area contributed by atoms with Crippen LogP contribution in [-0.2, 0) is 0 Å². The fraction of sp³-hybridized carbons (Fsp3) is 0.842. The molecule has 0 amide bonds. The molecular weight excluding hydrogens is 303 g/mol. The number of hydrogen-bond acceptors (Lipinski definition) is 4. The summed E-state index contributed by atoms with van der Waals surface area (Å²) < 4.78 is 13.0. The predicted molar refractivity (Wildman–Crippen MR) is 97.6 cm³/mol. The first-order valence-electron chi connectivity index (χ1n) is 9.68. The summed E-state index contributed by atoms with van der Waals surface area (Å²) in [6.07, 6.45) is 9.36. The number of allylic oxidation sites excluding steroid dienone is 1. The van der Waals surface area contributed by atoms with Crippen molar-refractivity contribution in [3.8, 4) is 0 Å². The van der Waals surface area contributed by atoms with E-state index in [0.717, 1.165) is 38.1 Å². The van der Waals surface area contributed by atoms with E-state index >= 15 is 0 Å². The van der Waals surface area contributed by atoms with Crippen molar-refractivity contribution in [2.24, 2.45) is 16.3 Å². The molecule has 1 saturated heterocycles. The van der Waals surface area contributed by atoms with Gasteiger partial charge in [-0.2, -0.15) is 0 Å². The molecule has 2 heterocycles. The van der Waals surface area contributed by atoms with Crippen LogP contribution in [0.5, 0.6) is 0 Å². The van der Waals surface area contributed by atoms with E-state index in [1.807, 2.05) is 0 Å². The summed E-state index contributed by atoms with van der Waals surface area (Å²) in [6.45, 7) is 11.4. The molecule has 1 aliphatic carbocycles. The maximum Gasteiger partial charge on any atom is 0.176 e. The van der Waals surface area contributed by atoms with Crippen molar-refractivity contribution in [3.05, 3.63) is 12.0 Å². The fourth-order valence-corrected chi connectivity index (χ4v) is 4.67. The standard InChI is InChI=1S/C19H33FN4/c1-4-19(3,5-2)15-6-7-17(12-15)23-8-10-24(11-9-23)18-21-13-16(20)14-22-18/h13-15,17-18,21H,4-12H2,1-3H3. The van der Waals surface area contributed by atoms with Crippen molar-refractivity contribution in [2.75, 3.05) is 26.2 Å². The van der Waals surface area contributed by atoms with Crippen molar-refractivity contribution in [3.63, 3.8) is 0 Å². The van der Waals surface area contributed by atoms with Gasteiger partial charge in [0.15, 0.2) is 12.1 Å². The van der Waals surface area contributed by atoms with Crippen molar-refractivity contribution >= 4 is 6.21 Å². The van der Waals surface area contributed by atoms with E-state index in [0.29, 0.717) is 5.41 Å². The lowest BCUT2D eigenvalue weighted by molar-refractivity contribution is 0.0609. The zero-order valence-electron chi connectivity index (χ0n) is 15.5. The summed E-state index contributed by atoms with van der Waals surface area (Å²) in [6, 6.07) is 0.759. The summed E-state index contributed by atoms with van der Waals surface area (Å²) in [5.41, 5.74) is 0.522. The zero-order chi connectivity index (χ0) is 17.2. The third-order valence-corrected chi connectivity index (χ3v) is 6.93. The van der Waals surface area contributed by atoms with Gasteiger partial charge in [-0.1, -0.05) is 33.6 Å². The highest BCUT2D eigenvalue weighted by Gasteiger charge is 2.39. The number of rotatable bonds is 5. The van der Waals surface area contributed by atoms with Gasteiger partial charge in [0.25, 0.3) is 0 Å². The maximum absolute atomic E-state index is 13.0. The summed E-state index contributed by atoms with van der Waals surface area (Å²) in [5, 5.41) is 3.04. The molecule has 4 nitrogen and oxygen atoms in total. The van der Waals surface area contributed by atoms with Crippen molar-refractivity contribution < 1.29 is 4.39 Å². The largest absolute Gasteiger partial charge is 0.355 e. The first-order chi connectivity index (χ1) is 11.6. The highest BCUT2D eigenvalue weighted by molar-refractivity contribution is 5.76. The van der Waals surface area contributed by atoms with Crippen molar-refractivity contribution in [1.29, 1.82) is 0 Å². The maximum atomic E-state index is 13.0. The second-order valence-corrected chi connectivity index (χ2v) is 7.94. The molecule has 0 aromatic carbocycles. The van der Waals surface area contributed by atoms with Gasteiger partial charge >= 0.3 is 0 Å². The third-order valence-electron chi connectivity index (χ3n) is 6.93. The quantitative estimate of drug-likeness (QED) is 0.835. The van der Waals surface area contributed by atoms with E-state index in [4.69, 9.17) is 0 Å². The van der Waals surface area contributed by atoms with Gasteiger partial charge in [0.1, 0.15) is 0 Å². The Kier molecular flexibility index (Phi) is 5.60. The molecular formula is C19H33FN4. The minimum absolute atomic E-state index is 0.0912. The van der Waals surface area contributed by atoms with Gasteiger partial charge < -0.3 is 5.32 Å². The number of piperazine rings is 1. The summed E-state index contributed by atoms with van der Waals surface area (Å²) >= 11 is 0. The van der Waals surface area contributed by atoms with Gasteiger partial charge in [0.05, 0.1) is 6.21 Å². The molecule has 24 heavy (non-hydrogen) atoms. The SMILES string of the molecule is CCC(C)(CC)C1CCC(N2CCN(C3N=CC(F)=CN3)CC2)C1. The van der Waals surface area contributed by atoms with Crippen LogP contribution in [0.1, 0.15) is 52.9 Å². The first kappa shape index (κ1) is 17.9. The molecule has 3 aliphatic rings. The van der Waals surface area contributed by atoms with Gasteiger partial charge in [-0.15, -0.1) is 0 Å².